The van der Waals surface area contributed by atoms with E-state index in [0.29, 0.717) is 17.0 Å². The summed E-state index contributed by atoms with van der Waals surface area (Å²) in [4.78, 5) is 13.2. The summed E-state index contributed by atoms with van der Waals surface area (Å²) < 4.78 is 5.27. The first-order valence-electron chi connectivity index (χ1n) is 9.80. The third kappa shape index (κ3) is 4.64. The lowest BCUT2D eigenvalue weighted by Crippen LogP contribution is -2.16. The van der Waals surface area contributed by atoms with E-state index in [1.54, 1.807) is 7.11 Å². The van der Waals surface area contributed by atoms with Gasteiger partial charge in [-0.3, -0.25) is 4.79 Å². The van der Waals surface area contributed by atoms with Crippen LogP contribution >= 0.6 is 11.6 Å². The zero-order chi connectivity index (χ0) is 20.9. The monoisotopic (exact) mass is 415 g/mol. The number of Topliss-reactive ketones (excluding diaryl/α,β-unsaturated/α-hetero) is 1. The quantitative estimate of drug-likeness (QED) is 0.332. The van der Waals surface area contributed by atoms with Crippen LogP contribution in [0.1, 0.15) is 28.4 Å². The summed E-state index contributed by atoms with van der Waals surface area (Å²) in [6, 6.07) is 29.0. The van der Waals surface area contributed by atoms with Crippen LogP contribution in [0.4, 0.5) is 5.69 Å². The topological polar surface area (TPSA) is 38.3 Å². The van der Waals surface area contributed by atoms with Gasteiger partial charge in [0.15, 0.2) is 5.78 Å². The minimum atomic E-state index is -0.184. The average Bonchev–Trinajstić information content (AvgIpc) is 2.79. The Morgan fingerprint density at radius 3 is 2.30 bits per heavy atom. The molecule has 4 aromatic carbocycles. The summed E-state index contributed by atoms with van der Waals surface area (Å²) in [6.45, 7) is 0. The van der Waals surface area contributed by atoms with E-state index in [4.69, 9.17) is 16.3 Å². The van der Waals surface area contributed by atoms with E-state index < -0.39 is 0 Å². The lowest BCUT2D eigenvalue weighted by atomic mass is 9.96. The van der Waals surface area contributed by atoms with Gasteiger partial charge in [-0.25, -0.2) is 0 Å². The molecule has 0 heterocycles. The molecule has 1 unspecified atom stereocenters. The van der Waals surface area contributed by atoms with E-state index in [9.17, 15) is 4.79 Å². The van der Waals surface area contributed by atoms with Crippen molar-refractivity contribution in [1.82, 2.24) is 0 Å². The second-order valence-corrected chi connectivity index (χ2v) is 7.60. The van der Waals surface area contributed by atoms with Gasteiger partial charge in [-0.05, 0) is 58.8 Å². The largest absolute Gasteiger partial charge is 0.497 e. The van der Waals surface area contributed by atoms with E-state index in [2.05, 4.69) is 5.32 Å². The van der Waals surface area contributed by atoms with Crippen molar-refractivity contribution in [3.05, 3.63) is 107 Å². The van der Waals surface area contributed by atoms with Crippen molar-refractivity contribution in [1.29, 1.82) is 0 Å². The Bertz CT molecular complexity index is 1150. The first kappa shape index (κ1) is 20.0. The highest BCUT2D eigenvalue weighted by Crippen LogP contribution is 2.27. The maximum atomic E-state index is 13.2. The number of anilines is 1. The zero-order valence-corrected chi connectivity index (χ0v) is 17.4. The molecule has 0 fully saturated rings. The number of nitrogens with one attached hydrogen (secondary N) is 1. The minimum Gasteiger partial charge on any atom is -0.497 e. The fourth-order valence-corrected chi connectivity index (χ4v) is 3.63. The molecule has 1 N–H and O–H groups in total. The summed E-state index contributed by atoms with van der Waals surface area (Å²) in [5, 5.41) is 6.34. The molecule has 30 heavy (non-hydrogen) atoms. The lowest BCUT2D eigenvalue weighted by Gasteiger charge is -2.20. The molecular formula is C26H22ClNO2. The van der Waals surface area contributed by atoms with Crippen LogP contribution in [-0.4, -0.2) is 12.9 Å². The van der Waals surface area contributed by atoms with Gasteiger partial charge >= 0.3 is 0 Å². The maximum Gasteiger partial charge on any atom is 0.165 e. The molecule has 3 nitrogen and oxygen atoms in total. The number of carbonyl (C=O) groups excluding carboxylic acids is 1. The highest BCUT2D eigenvalue weighted by atomic mass is 35.5. The Kier molecular flexibility index (Phi) is 6.01. The maximum absolute atomic E-state index is 13.2. The molecule has 0 spiro atoms. The molecule has 150 valence electrons. The molecule has 0 radical (unpaired) electrons. The lowest BCUT2D eigenvalue weighted by molar-refractivity contribution is 0.0976. The van der Waals surface area contributed by atoms with Crippen LogP contribution in [0.3, 0.4) is 0 Å². The van der Waals surface area contributed by atoms with Crippen LogP contribution in [0.15, 0.2) is 91.0 Å². The third-order valence-electron chi connectivity index (χ3n) is 5.16. The van der Waals surface area contributed by atoms with Crippen LogP contribution in [0.25, 0.3) is 10.8 Å². The standard InChI is InChI=1S/C26H22ClNO2/c1-30-24-14-8-19(9-15-24)25(28-23-12-10-22(27)11-13-23)17-26(29)21-7-6-18-4-2-3-5-20(18)16-21/h2-16,25,28H,17H2,1H3. The Labute approximate surface area is 181 Å². The average molecular weight is 416 g/mol. The van der Waals surface area contributed by atoms with E-state index in [-0.39, 0.29) is 11.8 Å². The third-order valence-corrected chi connectivity index (χ3v) is 5.42. The highest BCUT2D eigenvalue weighted by Gasteiger charge is 2.18. The molecule has 0 aliphatic heterocycles. The van der Waals surface area contributed by atoms with Gasteiger partial charge in [-0.2, -0.15) is 0 Å². The van der Waals surface area contributed by atoms with Crippen molar-refractivity contribution in [3.8, 4) is 5.75 Å². The van der Waals surface area contributed by atoms with Crippen LogP contribution in [0.2, 0.25) is 5.02 Å². The molecule has 0 bridgehead atoms. The second-order valence-electron chi connectivity index (χ2n) is 7.17. The zero-order valence-electron chi connectivity index (χ0n) is 16.6. The van der Waals surface area contributed by atoms with E-state index >= 15 is 0 Å². The van der Waals surface area contributed by atoms with E-state index in [1.807, 2.05) is 91.0 Å². The van der Waals surface area contributed by atoms with Crippen molar-refractivity contribution in [2.75, 3.05) is 12.4 Å². The number of ketones is 1. The summed E-state index contributed by atoms with van der Waals surface area (Å²) in [5.41, 5.74) is 2.64. The van der Waals surface area contributed by atoms with Gasteiger partial charge in [0.2, 0.25) is 0 Å². The molecule has 4 heteroatoms. The van der Waals surface area contributed by atoms with Crippen LogP contribution in [-0.2, 0) is 0 Å². The molecule has 4 aromatic rings. The number of rotatable bonds is 7. The normalized spacial score (nSPS) is 11.8. The van der Waals surface area contributed by atoms with Crippen LogP contribution in [0, 0.1) is 0 Å². The number of carbonyl (C=O) groups is 1. The van der Waals surface area contributed by atoms with Gasteiger partial charge in [0.25, 0.3) is 0 Å². The van der Waals surface area contributed by atoms with Crippen molar-refractivity contribution in [3.63, 3.8) is 0 Å². The summed E-state index contributed by atoms with van der Waals surface area (Å²) in [6.07, 6.45) is 0.327. The number of fused-ring (bicyclic) bond motifs is 1. The molecule has 0 aliphatic carbocycles. The summed E-state index contributed by atoms with van der Waals surface area (Å²) >= 11 is 6.01. The molecule has 0 saturated heterocycles. The molecular weight excluding hydrogens is 394 g/mol. The number of hydrogen-bond acceptors (Lipinski definition) is 3. The Morgan fingerprint density at radius 1 is 0.900 bits per heavy atom. The van der Waals surface area contributed by atoms with Gasteiger partial charge in [-0.1, -0.05) is 60.1 Å². The van der Waals surface area contributed by atoms with Crippen molar-refractivity contribution >= 4 is 33.8 Å². The summed E-state index contributed by atoms with van der Waals surface area (Å²) in [7, 11) is 1.64. The van der Waals surface area contributed by atoms with E-state index in [0.717, 1.165) is 27.8 Å². The molecule has 1 atom stereocenters. The van der Waals surface area contributed by atoms with Crippen LogP contribution < -0.4 is 10.1 Å². The SMILES string of the molecule is COc1ccc(C(CC(=O)c2ccc3ccccc3c2)Nc2ccc(Cl)cc2)cc1. The Morgan fingerprint density at radius 2 is 1.60 bits per heavy atom. The number of methoxy groups -OCH3 is 1. The molecule has 0 saturated carbocycles. The number of benzene rings is 4. The van der Waals surface area contributed by atoms with Gasteiger partial charge in [0, 0.05) is 22.7 Å². The first-order valence-corrected chi connectivity index (χ1v) is 10.2. The Balaban J connectivity index is 1.61. The smallest absolute Gasteiger partial charge is 0.165 e. The van der Waals surface area contributed by atoms with Crippen LogP contribution in [0.5, 0.6) is 5.75 Å². The predicted octanol–water partition coefficient (Wildman–Crippen LogP) is 6.93. The minimum absolute atomic E-state index is 0.0861. The highest BCUT2D eigenvalue weighted by molar-refractivity contribution is 6.30. The Hall–Kier alpha value is -3.30. The molecule has 4 rings (SSSR count). The number of ether oxygens (including phenoxy) is 1. The number of hydrogen-bond donors (Lipinski definition) is 1. The molecule has 0 aliphatic rings. The molecule has 0 aromatic heterocycles. The molecule has 0 amide bonds. The summed E-state index contributed by atoms with van der Waals surface area (Å²) in [5.74, 6) is 0.868. The van der Waals surface area contributed by atoms with Crippen molar-refractivity contribution in [2.45, 2.75) is 12.5 Å². The van der Waals surface area contributed by atoms with Gasteiger partial charge in [-0.15, -0.1) is 0 Å². The predicted molar refractivity (Wildman–Crippen MR) is 124 cm³/mol. The van der Waals surface area contributed by atoms with Crippen molar-refractivity contribution < 1.29 is 9.53 Å². The van der Waals surface area contributed by atoms with E-state index in [1.165, 1.54) is 0 Å². The fraction of sp³-hybridized carbons (Fsp3) is 0.115. The van der Waals surface area contributed by atoms with Gasteiger partial charge in [0.05, 0.1) is 13.2 Å². The second kappa shape index (κ2) is 9.02. The number of halogens is 1. The van der Waals surface area contributed by atoms with Crippen molar-refractivity contribution in [2.24, 2.45) is 0 Å². The first-order chi connectivity index (χ1) is 14.6. The van der Waals surface area contributed by atoms with Gasteiger partial charge in [0.1, 0.15) is 5.75 Å². The van der Waals surface area contributed by atoms with Gasteiger partial charge < -0.3 is 10.1 Å². The fourth-order valence-electron chi connectivity index (χ4n) is 3.50.